The molecule has 0 atom stereocenters. The van der Waals surface area contributed by atoms with Gasteiger partial charge >= 0.3 is 0 Å². The van der Waals surface area contributed by atoms with Crippen LogP contribution in [0.2, 0.25) is 0 Å². The Morgan fingerprint density at radius 2 is 1.44 bits per heavy atom. The standard InChI is InChI=1S/C21H11N5S/c1-4-13-17(22-7-1)18-14(5-2-8-23-18)20-19(13)25-15-10-12(11-24-21(15)26-20)16-6-3-9-27-16/h1-11H. The van der Waals surface area contributed by atoms with E-state index in [0.29, 0.717) is 5.65 Å². The van der Waals surface area contributed by atoms with E-state index in [4.69, 9.17) is 9.97 Å². The van der Waals surface area contributed by atoms with Crippen LogP contribution in [0.3, 0.4) is 0 Å². The molecule has 0 aliphatic carbocycles. The zero-order valence-corrected chi connectivity index (χ0v) is 14.8. The van der Waals surface area contributed by atoms with E-state index in [2.05, 4.69) is 32.5 Å². The number of rotatable bonds is 1. The molecule has 0 bridgehead atoms. The largest absolute Gasteiger partial charge is 0.254 e. The summed E-state index contributed by atoms with van der Waals surface area (Å²) in [5.41, 5.74) is 5.79. The number of thiophene rings is 1. The minimum absolute atomic E-state index is 0.635. The van der Waals surface area contributed by atoms with Gasteiger partial charge in [0.2, 0.25) is 0 Å². The van der Waals surface area contributed by atoms with Crippen molar-refractivity contribution in [1.29, 1.82) is 0 Å². The second-order valence-corrected chi connectivity index (χ2v) is 7.21. The highest BCUT2D eigenvalue weighted by Crippen LogP contribution is 2.32. The molecule has 27 heavy (non-hydrogen) atoms. The molecule has 6 rings (SSSR count). The Morgan fingerprint density at radius 1 is 0.704 bits per heavy atom. The van der Waals surface area contributed by atoms with Crippen molar-refractivity contribution in [3.8, 4) is 10.4 Å². The lowest BCUT2D eigenvalue weighted by Gasteiger charge is -2.08. The molecular formula is C21H11N5S. The number of hydrogen-bond donors (Lipinski definition) is 0. The summed E-state index contributed by atoms with van der Waals surface area (Å²) in [6, 6.07) is 14.0. The predicted molar refractivity (Wildman–Crippen MR) is 109 cm³/mol. The van der Waals surface area contributed by atoms with Crippen molar-refractivity contribution < 1.29 is 0 Å². The molecule has 5 aromatic heterocycles. The minimum Gasteiger partial charge on any atom is -0.254 e. The van der Waals surface area contributed by atoms with Crippen molar-refractivity contribution in [2.24, 2.45) is 0 Å². The zero-order valence-electron chi connectivity index (χ0n) is 14.0. The van der Waals surface area contributed by atoms with Crippen molar-refractivity contribution in [1.82, 2.24) is 24.9 Å². The van der Waals surface area contributed by atoms with Crippen LogP contribution in [0, 0.1) is 0 Å². The van der Waals surface area contributed by atoms with Crippen LogP contribution < -0.4 is 0 Å². The number of aromatic nitrogens is 5. The molecule has 0 unspecified atom stereocenters. The van der Waals surface area contributed by atoms with Gasteiger partial charge < -0.3 is 0 Å². The first-order valence-electron chi connectivity index (χ1n) is 8.51. The Balaban J connectivity index is 1.79. The molecule has 0 radical (unpaired) electrons. The van der Waals surface area contributed by atoms with Gasteiger partial charge in [0, 0.05) is 39.8 Å². The van der Waals surface area contributed by atoms with Crippen molar-refractivity contribution in [2.45, 2.75) is 0 Å². The van der Waals surface area contributed by atoms with Gasteiger partial charge in [-0.3, -0.25) is 9.97 Å². The van der Waals surface area contributed by atoms with Gasteiger partial charge in [-0.2, -0.15) is 0 Å². The lowest BCUT2D eigenvalue weighted by molar-refractivity contribution is 1.29. The monoisotopic (exact) mass is 365 g/mol. The SMILES string of the molecule is c1csc(-c2cnc3nc4c5cccnc5c5ncccc5c4nc3c2)c1. The highest BCUT2D eigenvalue weighted by atomic mass is 32.1. The van der Waals surface area contributed by atoms with Gasteiger partial charge in [-0.1, -0.05) is 6.07 Å². The van der Waals surface area contributed by atoms with Crippen molar-refractivity contribution in [2.75, 3.05) is 0 Å². The van der Waals surface area contributed by atoms with E-state index in [1.165, 1.54) is 4.88 Å². The van der Waals surface area contributed by atoms with E-state index in [1.54, 1.807) is 23.7 Å². The molecule has 0 amide bonds. The summed E-state index contributed by atoms with van der Waals surface area (Å²) < 4.78 is 0. The Hall–Kier alpha value is -3.51. The van der Waals surface area contributed by atoms with Crippen LogP contribution in [0.1, 0.15) is 0 Å². The number of hydrogen-bond acceptors (Lipinski definition) is 6. The molecule has 1 aromatic carbocycles. The normalized spacial score (nSPS) is 11.7. The number of pyridine rings is 3. The molecule has 6 heteroatoms. The van der Waals surface area contributed by atoms with Gasteiger partial charge in [0.25, 0.3) is 0 Å². The highest BCUT2D eigenvalue weighted by Gasteiger charge is 2.14. The first-order valence-corrected chi connectivity index (χ1v) is 9.39. The maximum atomic E-state index is 4.94. The molecule has 6 aromatic rings. The van der Waals surface area contributed by atoms with E-state index in [1.807, 2.05) is 36.5 Å². The highest BCUT2D eigenvalue weighted by molar-refractivity contribution is 7.13. The maximum absolute atomic E-state index is 4.94. The van der Waals surface area contributed by atoms with Crippen LogP contribution >= 0.6 is 11.3 Å². The molecule has 126 valence electrons. The summed E-state index contributed by atoms with van der Waals surface area (Å²) in [5, 5.41) is 3.95. The van der Waals surface area contributed by atoms with E-state index >= 15 is 0 Å². The molecule has 0 spiro atoms. The van der Waals surface area contributed by atoms with E-state index in [9.17, 15) is 0 Å². The molecule has 0 N–H and O–H groups in total. The smallest absolute Gasteiger partial charge is 0.178 e. The molecule has 0 saturated carbocycles. The Kier molecular flexibility index (Phi) is 2.98. The predicted octanol–water partition coefficient (Wildman–Crippen LogP) is 5.00. The Bertz CT molecular complexity index is 1470. The third kappa shape index (κ3) is 2.14. The first-order chi connectivity index (χ1) is 13.4. The lowest BCUT2D eigenvalue weighted by atomic mass is 10.1. The Morgan fingerprint density at radius 3 is 2.15 bits per heavy atom. The average molecular weight is 365 g/mol. The summed E-state index contributed by atoms with van der Waals surface area (Å²) in [5.74, 6) is 0. The topological polar surface area (TPSA) is 64.5 Å². The first kappa shape index (κ1) is 14.6. The van der Waals surface area contributed by atoms with Crippen LogP contribution in [0.4, 0.5) is 0 Å². The molecule has 0 saturated heterocycles. The molecule has 0 aliphatic rings. The van der Waals surface area contributed by atoms with Gasteiger partial charge in [0.1, 0.15) is 11.0 Å². The third-order valence-corrected chi connectivity index (χ3v) is 5.60. The quantitative estimate of drug-likeness (QED) is 0.303. The van der Waals surface area contributed by atoms with Gasteiger partial charge in [0.05, 0.1) is 16.6 Å². The third-order valence-electron chi connectivity index (χ3n) is 4.68. The minimum atomic E-state index is 0.635. The fraction of sp³-hybridized carbons (Fsp3) is 0. The second-order valence-electron chi connectivity index (χ2n) is 6.26. The van der Waals surface area contributed by atoms with Crippen LogP contribution in [0.5, 0.6) is 0 Å². The van der Waals surface area contributed by atoms with Crippen molar-refractivity contribution >= 4 is 55.3 Å². The fourth-order valence-corrected chi connectivity index (χ4v) is 4.18. The molecule has 5 nitrogen and oxygen atoms in total. The van der Waals surface area contributed by atoms with Crippen molar-refractivity contribution in [3.63, 3.8) is 0 Å². The maximum Gasteiger partial charge on any atom is 0.178 e. The second kappa shape index (κ2) is 5.49. The number of fused-ring (bicyclic) bond motifs is 7. The summed E-state index contributed by atoms with van der Waals surface area (Å²) in [6.07, 6.45) is 5.42. The lowest BCUT2D eigenvalue weighted by Crippen LogP contribution is -1.95. The number of benzene rings is 1. The Labute approximate surface area is 157 Å². The van der Waals surface area contributed by atoms with Gasteiger partial charge in [-0.15, -0.1) is 11.3 Å². The van der Waals surface area contributed by atoms with Gasteiger partial charge in [-0.25, -0.2) is 15.0 Å². The van der Waals surface area contributed by atoms with Crippen LogP contribution in [0.25, 0.3) is 54.4 Å². The molecular weight excluding hydrogens is 354 g/mol. The summed E-state index contributed by atoms with van der Waals surface area (Å²) in [6.45, 7) is 0. The van der Waals surface area contributed by atoms with E-state index in [-0.39, 0.29) is 0 Å². The van der Waals surface area contributed by atoms with Gasteiger partial charge in [-0.05, 0) is 41.8 Å². The summed E-state index contributed by atoms with van der Waals surface area (Å²) in [4.78, 5) is 24.6. The van der Waals surface area contributed by atoms with E-state index < -0.39 is 0 Å². The zero-order chi connectivity index (χ0) is 17.8. The average Bonchev–Trinajstić information content (AvgIpc) is 3.27. The van der Waals surface area contributed by atoms with Crippen molar-refractivity contribution in [3.05, 3.63) is 66.4 Å². The van der Waals surface area contributed by atoms with Crippen LogP contribution in [-0.2, 0) is 0 Å². The fourth-order valence-electron chi connectivity index (χ4n) is 3.47. The number of nitrogens with zero attached hydrogens (tertiary/aromatic N) is 5. The summed E-state index contributed by atoms with van der Waals surface area (Å²) in [7, 11) is 0. The van der Waals surface area contributed by atoms with Crippen LogP contribution in [0.15, 0.2) is 66.4 Å². The molecule has 5 heterocycles. The van der Waals surface area contributed by atoms with Gasteiger partial charge in [0.15, 0.2) is 5.65 Å². The molecule has 0 fully saturated rings. The van der Waals surface area contributed by atoms with E-state index in [0.717, 1.165) is 43.9 Å². The summed E-state index contributed by atoms with van der Waals surface area (Å²) >= 11 is 1.69. The molecule has 0 aliphatic heterocycles. The van der Waals surface area contributed by atoms with Crippen LogP contribution in [-0.4, -0.2) is 24.9 Å².